The molecule has 1 N–H and O–H groups in total. The summed E-state index contributed by atoms with van der Waals surface area (Å²) in [5.74, 6) is -2.20. The van der Waals surface area contributed by atoms with Crippen molar-refractivity contribution in [3.8, 4) is 0 Å². The standard InChI is InChI=1S/C32H50N2O6/c1-6-9-13-19-39-30(38)26-25-28(36)34(24(21-35)20-22(4)5)27(32(25)17-16-31(26,8-3)40-32)29(37)33(18-7-2)23-14-11-10-12-15-23/h6-7,22-27,35H,1-2,8-21H2,3-5H3/t24-,25+,26+,27?,31-,32?/m1/s1. The lowest BCUT2D eigenvalue weighted by atomic mass is 9.65. The van der Waals surface area contributed by atoms with Crippen LogP contribution < -0.4 is 0 Å². The Kier molecular flexibility index (Phi) is 9.82. The number of ether oxygens (including phenoxy) is 2. The van der Waals surface area contributed by atoms with E-state index in [1.807, 2.05) is 25.7 Å². The maximum absolute atomic E-state index is 14.7. The normalized spacial score (nSPS) is 32.3. The van der Waals surface area contributed by atoms with E-state index >= 15 is 0 Å². The maximum Gasteiger partial charge on any atom is 0.312 e. The van der Waals surface area contributed by atoms with Crippen molar-refractivity contribution < 1.29 is 29.0 Å². The number of carbonyl (C=O) groups is 3. The number of rotatable bonds is 14. The number of amides is 2. The molecular weight excluding hydrogens is 508 g/mol. The molecule has 3 heterocycles. The van der Waals surface area contributed by atoms with E-state index in [-0.39, 0.29) is 37.0 Å². The number of hydrogen-bond acceptors (Lipinski definition) is 6. The Balaban J connectivity index is 1.77. The predicted octanol–water partition coefficient (Wildman–Crippen LogP) is 4.40. The number of hydrogen-bond donors (Lipinski definition) is 1. The molecule has 2 bridgehead atoms. The topological polar surface area (TPSA) is 96.4 Å². The highest BCUT2D eigenvalue weighted by Crippen LogP contribution is 2.65. The van der Waals surface area contributed by atoms with E-state index < -0.39 is 41.1 Å². The van der Waals surface area contributed by atoms with Gasteiger partial charge in [-0.2, -0.15) is 0 Å². The summed E-state index contributed by atoms with van der Waals surface area (Å²) in [4.78, 5) is 46.4. The van der Waals surface area contributed by atoms with Crippen molar-refractivity contribution in [2.24, 2.45) is 17.8 Å². The third-order valence-corrected chi connectivity index (χ3v) is 9.88. The van der Waals surface area contributed by atoms with Crippen LogP contribution >= 0.6 is 0 Å². The van der Waals surface area contributed by atoms with E-state index in [4.69, 9.17) is 9.47 Å². The van der Waals surface area contributed by atoms with Gasteiger partial charge in [0, 0.05) is 12.6 Å². The van der Waals surface area contributed by atoms with Crippen molar-refractivity contribution in [3.05, 3.63) is 25.3 Å². The van der Waals surface area contributed by atoms with Crippen molar-refractivity contribution in [2.75, 3.05) is 19.8 Å². The third kappa shape index (κ3) is 5.26. The Hall–Kier alpha value is -2.19. The molecule has 4 fully saturated rings. The Labute approximate surface area is 240 Å². The maximum atomic E-state index is 14.7. The molecule has 1 aliphatic carbocycles. The highest BCUT2D eigenvalue weighted by Gasteiger charge is 2.79. The van der Waals surface area contributed by atoms with Gasteiger partial charge in [0.15, 0.2) is 0 Å². The van der Waals surface area contributed by atoms with Crippen molar-refractivity contribution in [2.45, 2.75) is 121 Å². The van der Waals surface area contributed by atoms with Crippen LogP contribution in [0.1, 0.15) is 91.4 Å². The van der Waals surface area contributed by atoms with Gasteiger partial charge in [-0.05, 0) is 57.3 Å². The van der Waals surface area contributed by atoms with Crippen LogP contribution in [-0.4, -0.2) is 81.8 Å². The van der Waals surface area contributed by atoms with Gasteiger partial charge in [0.05, 0.1) is 30.8 Å². The van der Waals surface area contributed by atoms with Gasteiger partial charge in [0.1, 0.15) is 17.6 Å². The van der Waals surface area contributed by atoms with E-state index in [0.29, 0.717) is 38.6 Å². The molecule has 0 radical (unpaired) electrons. The van der Waals surface area contributed by atoms with Crippen LogP contribution in [0.15, 0.2) is 25.3 Å². The molecule has 8 heteroatoms. The quantitative estimate of drug-likeness (QED) is 0.193. The van der Waals surface area contributed by atoms with Gasteiger partial charge in [0.2, 0.25) is 11.8 Å². The number of unbranched alkanes of at least 4 members (excludes halogenated alkanes) is 1. The number of likely N-dealkylation sites (tertiary alicyclic amines) is 1. The van der Waals surface area contributed by atoms with Crippen LogP contribution in [0.2, 0.25) is 0 Å². The lowest BCUT2D eigenvalue weighted by Crippen LogP contribution is -2.60. The molecule has 0 aromatic heterocycles. The van der Waals surface area contributed by atoms with E-state index in [1.165, 1.54) is 0 Å². The van der Waals surface area contributed by atoms with Crippen LogP contribution in [0.4, 0.5) is 0 Å². The number of allylic oxidation sites excluding steroid dienone is 1. The SMILES string of the molecule is C=CCCCOC(=O)[C@@H]1[C@H]2C(=O)N([C@@H](CO)CC(C)C)C(C(=O)N(CC=C)C3CCCCC3)C23CC[C@@]1(CC)O3. The average molecular weight is 559 g/mol. The highest BCUT2D eigenvalue weighted by atomic mass is 16.6. The minimum absolute atomic E-state index is 0.0775. The molecule has 4 aliphatic rings. The minimum atomic E-state index is -1.12. The molecule has 8 nitrogen and oxygen atoms in total. The molecule has 3 aliphatic heterocycles. The van der Waals surface area contributed by atoms with Crippen molar-refractivity contribution >= 4 is 17.8 Å². The molecule has 224 valence electrons. The van der Waals surface area contributed by atoms with Crippen molar-refractivity contribution in [1.82, 2.24) is 9.80 Å². The lowest BCUT2D eigenvalue weighted by molar-refractivity contribution is -0.164. The summed E-state index contributed by atoms with van der Waals surface area (Å²) in [6, 6.07) is -1.36. The molecule has 0 aromatic carbocycles. The number of carbonyl (C=O) groups excluding carboxylic acids is 3. The van der Waals surface area contributed by atoms with Crippen LogP contribution in [-0.2, 0) is 23.9 Å². The van der Waals surface area contributed by atoms with Gasteiger partial charge < -0.3 is 24.4 Å². The molecule has 0 aromatic rings. The molecule has 4 rings (SSSR count). The van der Waals surface area contributed by atoms with Crippen LogP contribution in [0.5, 0.6) is 0 Å². The number of aliphatic hydroxyl groups is 1. The zero-order valence-corrected chi connectivity index (χ0v) is 24.8. The molecule has 40 heavy (non-hydrogen) atoms. The zero-order valence-electron chi connectivity index (χ0n) is 24.8. The molecule has 2 amide bonds. The second-order valence-corrected chi connectivity index (χ2v) is 12.7. The smallest absolute Gasteiger partial charge is 0.312 e. The Morgan fingerprint density at radius 3 is 2.52 bits per heavy atom. The lowest BCUT2D eigenvalue weighted by Gasteiger charge is -2.42. The Bertz CT molecular complexity index is 961. The summed E-state index contributed by atoms with van der Waals surface area (Å²) in [7, 11) is 0. The second-order valence-electron chi connectivity index (χ2n) is 12.7. The van der Waals surface area contributed by atoms with Crippen LogP contribution in [0.25, 0.3) is 0 Å². The van der Waals surface area contributed by atoms with Crippen molar-refractivity contribution in [1.29, 1.82) is 0 Å². The van der Waals surface area contributed by atoms with Gasteiger partial charge in [-0.25, -0.2) is 0 Å². The largest absolute Gasteiger partial charge is 0.465 e. The van der Waals surface area contributed by atoms with E-state index in [0.717, 1.165) is 38.5 Å². The van der Waals surface area contributed by atoms with E-state index in [2.05, 4.69) is 13.2 Å². The van der Waals surface area contributed by atoms with Gasteiger partial charge in [-0.3, -0.25) is 14.4 Å². The predicted molar refractivity (Wildman–Crippen MR) is 153 cm³/mol. The summed E-state index contributed by atoms with van der Waals surface area (Å²) in [6.07, 6.45) is 12.3. The number of nitrogens with zero attached hydrogens (tertiary/aromatic N) is 2. The number of esters is 1. The first-order valence-electron chi connectivity index (χ1n) is 15.5. The number of fused-ring (bicyclic) bond motifs is 1. The van der Waals surface area contributed by atoms with Gasteiger partial charge >= 0.3 is 5.97 Å². The molecule has 6 atom stereocenters. The van der Waals surface area contributed by atoms with Gasteiger partial charge in [0.25, 0.3) is 0 Å². The first-order valence-corrected chi connectivity index (χ1v) is 15.5. The van der Waals surface area contributed by atoms with E-state index in [9.17, 15) is 19.5 Å². The van der Waals surface area contributed by atoms with Gasteiger partial charge in [-0.15, -0.1) is 13.2 Å². The summed E-state index contributed by atoms with van der Waals surface area (Å²) in [6.45, 7) is 14.1. The zero-order chi connectivity index (χ0) is 29.1. The Morgan fingerprint density at radius 1 is 1.20 bits per heavy atom. The fourth-order valence-electron chi connectivity index (χ4n) is 8.11. The first kappa shape index (κ1) is 30.8. The minimum Gasteiger partial charge on any atom is -0.465 e. The first-order chi connectivity index (χ1) is 19.2. The summed E-state index contributed by atoms with van der Waals surface area (Å²) >= 11 is 0. The Morgan fingerprint density at radius 2 is 1.93 bits per heavy atom. The highest BCUT2D eigenvalue weighted by molar-refractivity contribution is 5.99. The summed E-state index contributed by atoms with van der Waals surface area (Å²) in [5, 5.41) is 10.5. The fourth-order valence-corrected chi connectivity index (χ4v) is 8.11. The van der Waals surface area contributed by atoms with Crippen molar-refractivity contribution in [3.63, 3.8) is 0 Å². The number of aliphatic hydroxyl groups excluding tert-OH is 1. The molecule has 2 unspecified atom stereocenters. The average Bonchev–Trinajstić information content (AvgIpc) is 3.56. The van der Waals surface area contributed by atoms with Crippen LogP contribution in [0.3, 0.4) is 0 Å². The fraction of sp³-hybridized carbons (Fsp3) is 0.781. The molecule has 1 saturated carbocycles. The molecule has 3 saturated heterocycles. The summed E-state index contributed by atoms with van der Waals surface area (Å²) < 4.78 is 12.6. The van der Waals surface area contributed by atoms with Crippen LogP contribution in [0, 0.1) is 17.8 Å². The third-order valence-electron chi connectivity index (χ3n) is 9.88. The van der Waals surface area contributed by atoms with Gasteiger partial charge in [-0.1, -0.05) is 52.2 Å². The molecule has 1 spiro atoms. The summed E-state index contributed by atoms with van der Waals surface area (Å²) in [5.41, 5.74) is -1.95. The van der Waals surface area contributed by atoms with E-state index in [1.54, 1.807) is 17.1 Å². The monoisotopic (exact) mass is 558 g/mol. The second kappa shape index (κ2) is 12.8. The molecular formula is C32H50N2O6.